The van der Waals surface area contributed by atoms with Crippen molar-refractivity contribution in [3.63, 3.8) is 0 Å². The summed E-state index contributed by atoms with van der Waals surface area (Å²) in [5.74, 6) is -0.178. The van der Waals surface area contributed by atoms with E-state index in [0.717, 1.165) is 0 Å². The lowest BCUT2D eigenvalue weighted by Crippen LogP contribution is -2.15. The summed E-state index contributed by atoms with van der Waals surface area (Å²) in [7, 11) is 0. The molecule has 0 radical (unpaired) electrons. The van der Waals surface area contributed by atoms with Crippen molar-refractivity contribution in [2.45, 2.75) is 56.7 Å². The summed E-state index contributed by atoms with van der Waals surface area (Å²) in [5, 5.41) is 8.63. The average molecular weight is 219 g/mol. The first-order valence-corrected chi connectivity index (χ1v) is 5.99. The Hall–Kier alpha value is -0.240. The maximum absolute atomic E-state index is 10.4. The molecule has 1 rings (SSSR count). The molecule has 0 spiro atoms. The summed E-state index contributed by atoms with van der Waals surface area (Å²) < 4.78 is 0. The Morgan fingerprint density at radius 3 is 2.36 bits per heavy atom. The zero-order valence-electron chi connectivity index (χ0n) is 8.54. The molecule has 1 fully saturated rings. The zero-order chi connectivity index (χ0) is 10.4. The molecule has 1 atom stereocenters. The summed E-state index contributed by atoms with van der Waals surface area (Å²) in [5.41, 5.74) is 0. The molecule has 0 aromatic rings. The molecule has 1 aliphatic rings. The topological polar surface area (TPSA) is 37.3 Å². The molecule has 0 heterocycles. The van der Waals surface area contributed by atoms with Crippen LogP contribution in [0.3, 0.4) is 0 Å². The van der Waals surface area contributed by atoms with Gasteiger partial charge in [0, 0.05) is 11.8 Å². The fraction of sp³-hybridized carbons (Fsp3) is 0.909. The summed E-state index contributed by atoms with van der Waals surface area (Å²) >= 11 is 6.21. The maximum Gasteiger partial charge on any atom is 0.303 e. The lowest BCUT2D eigenvalue weighted by atomic mass is 9.94. The summed E-state index contributed by atoms with van der Waals surface area (Å²) in [6.07, 6.45) is 8.38. The van der Waals surface area contributed by atoms with E-state index in [0.29, 0.717) is 12.3 Å². The number of carboxylic acids is 1. The molecular formula is C11H19ClO2. The van der Waals surface area contributed by atoms with Crippen molar-refractivity contribution in [2.24, 2.45) is 5.92 Å². The first kappa shape index (κ1) is 11.8. The molecule has 2 nitrogen and oxygen atoms in total. The molecular weight excluding hydrogens is 200 g/mol. The van der Waals surface area contributed by atoms with Crippen molar-refractivity contribution in [3.8, 4) is 0 Å². The van der Waals surface area contributed by atoms with Crippen molar-refractivity contribution in [3.05, 3.63) is 0 Å². The number of carboxylic acid groups (broad SMARTS) is 1. The molecule has 1 aliphatic carbocycles. The summed E-state index contributed by atoms with van der Waals surface area (Å²) in [6.45, 7) is 0. The highest BCUT2D eigenvalue weighted by Crippen LogP contribution is 2.30. The highest BCUT2D eigenvalue weighted by Gasteiger charge is 2.21. The van der Waals surface area contributed by atoms with Crippen LogP contribution in [0.25, 0.3) is 0 Å². The van der Waals surface area contributed by atoms with E-state index in [9.17, 15) is 4.79 Å². The Morgan fingerprint density at radius 2 is 1.86 bits per heavy atom. The van der Waals surface area contributed by atoms with Crippen LogP contribution in [0.2, 0.25) is 0 Å². The molecule has 1 unspecified atom stereocenters. The maximum atomic E-state index is 10.4. The second-order valence-electron chi connectivity index (χ2n) is 4.20. The van der Waals surface area contributed by atoms with Crippen LogP contribution in [0.1, 0.15) is 51.4 Å². The highest BCUT2D eigenvalue weighted by atomic mass is 35.5. The lowest BCUT2D eigenvalue weighted by Gasteiger charge is -2.19. The molecule has 82 valence electrons. The highest BCUT2D eigenvalue weighted by molar-refractivity contribution is 6.20. The molecule has 0 amide bonds. The zero-order valence-corrected chi connectivity index (χ0v) is 9.30. The Morgan fingerprint density at radius 1 is 1.29 bits per heavy atom. The van der Waals surface area contributed by atoms with Crippen LogP contribution >= 0.6 is 11.6 Å². The summed E-state index contributed by atoms with van der Waals surface area (Å²) in [6, 6.07) is 0. The SMILES string of the molecule is O=C(O)CCC(Cl)C1CCCCCC1. The monoisotopic (exact) mass is 218 g/mol. The summed E-state index contributed by atoms with van der Waals surface area (Å²) in [4.78, 5) is 10.4. The Bertz CT molecular complexity index is 174. The van der Waals surface area contributed by atoms with E-state index < -0.39 is 5.97 Å². The molecule has 0 aromatic heterocycles. The van der Waals surface area contributed by atoms with E-state index in [2.05, 4.69) is 0 Å². The van der Waals surface area contributed by atoms with Crippen LogP contribution in [0.15, 0.2) is 0 Å². The molecule has 0 saturated heterocycles. The minimum absolute atomic E-state index is 0.0733. The van der Waals surface area contributed by atoms with Gasteiger partial charge in [-0.1, -0.05) is 25.7 Å². The molecule has 0 aromatic carbocycles. The van der Waals surface area contributed by atoms with Gasteiger partial charge < -0.3 is 5.11 Å². The minimum Gasteiger partial charge on any atom is -0.481 e. The van der Waals surface area contributed by atoms with Crippen LogP contribution in [0.4, 0.5) is 0 Å². The second-order valence-corrected chi connectivity index (χ2v) is 4.76. The van der Waals surface area contributed by atoms with Gasteiger partial charge in [-0.2, -0.15) is 0 Å². The Kier molecular flexibility index (Phi) is 5.31. The normalized spacial score (nSPS) is 21.5. The van der Waals surface area contributed by atoms with E-state index in [1.807, 2.05) is 0 Å². The van der Waals surface area contributed by atoms with E-state index in [-0.39, 0.29) is 11.8 Å². The number of hydrogen-bond acceptors (Lipinski definition) is 1. The van der Waals surface area contributed by atoms with Crippen molar-refractivity contribution < 1.29 is 9.90 Å². The molecule has 3 heteroatoms. The van der Waals surface area contributed by atoms with Crippen LogP contribution in [-0.4, -0.2) is 16.5 Å². The molecule has 14 heavy (non-hydrogen) atoms. The fourth-order valence-corrected chi connectivity index (χ4v) is 2.53. The second kappa shape index (κ2) is 6.28. The number of aliphatic carboxylic acids is 1. The van der Waals surface area contributed by atoms with Crippen molar-refractivity contribution >= 4 is 17.6 Å². The van der Waals surface area contributed by atoms with Gasteiger partial charge in [0.15, 0.2) is 0 Å². The predicted molar refractivity (Wildman–Crippen MR) is 57.7 cm³/mol. The smallest absolute Gasteiger partial charge is 0.303 e. The molecule has 0 aliphatic heterocycles. The van der Waals surface area contributed by atoms with E-state index in [1.54, 1.807) is 0 Å². The first-order valence-electron chi connectivity index (χ1n) is 5.56. The quantitative estimate of drug-likeness (QED) is 0.580. The van der Waals surface area contributed by atoms with Gasteiger partial charge in [0.05, 0.1) is 0 Å². The van der Waals surface area contributed by atoms with Gasteiger partial charge in [-0.05, 0) is 25.2 Å². The largest absolute Gasteiger partial charge is 0.481 e. The van der Waals surface area contributed by atoms with Gasteiger partial charge in [-0.25, -0.2) is 0 Å². The van der Waals surface area contributed by atoms with E-state index in [1.165, 1.54) is 38.5 Å². The van der Waals surface area contributed by atoms with Crippen LogP contribution in [0.5, 0.6) is 0 Å². The molecule has 1 saturated carbocycles. The first-order chi connectivity index (χ1) is 6.70. The van der Waals surface area contributed by atoms with Gasteiger partial charge in [-0.15, -0.1) is 11.6 Å². The molecule has 1 N–H and O–H groups in total. The predicted octanol–water partition coefficient (Wildman–Crippen LogP) is 3.43. The van der Waals surface area contributed by atoms with Crippen molar-refractivity contribution in [1.29, 1.82) is 0 Å². The fourth-order valence-electron chi connectivity index (χ4n) is 2.17. The number of hydrogen-bond donors (Lipinski definition) is 1. The minimum atomic E-state index is -0.732. The Labute approximate surface area is 90.6 Å². The lowest BCUT2D eigenvalue weighted by molar-refractivity contribution is -0.137. The van der Waals surface area contributed by atoms with Crippen LogP contribution in [0, 0.1) is 5.92 Å². The van der Waals surface area contributed by atoms with Crippen molar-refractivity contribution in [1.82, 2.24) is 0 Å². The standard InChI is InChI=1S/C11H19ClO2/c12-10(7-8-11(13)14)9-5-3-1-2-4-6-9/h9-10H,1-8H2,(H,13,14). The van der Waals surface area contributed by atoms with Crippen molar-refractivity contribution in [2.75, 3.05) is 0 Å². The third-order valence-electron chi connectivity index (χ3n) is 3.05. The van der Waals surface area contributed by atoms with Crippen LogP contribution < -0.4 is 0 Å². The number of alkyl halides is 1. The van der Waals surface area contributed by atoms with Gasteiger partial charge in [0.25, 0.3) is 0 Å². The molecule has 0 bridgehead atoms. The Balaban J connectivity index is 2.26. The van der Waals surface area contributed by atoms with Gasteiger partial charge in [0.2, 0.25) is 0 Å². The third kappa shape index (κ3) is 4.32. The van der Waals surface area contributed by atoms with E-state index in [4.69, 9.17) is 16.7 Å². The van der Waals surface area contributed by atoms with Gasteiger partial charge in [-0.3, -0.25) is 4.79 Å². The van der Waals surface area contributed by atoms with Gasteiger partial charge >= 0.3 is 5.97 Å². The number of carbonyl (C=O) groups is 1. The van der Waals surface area contributed by atoms with E-state index >= 15 is 0 Å². The third-order valence-corrected chi connectivity index (χ3v) is 3.62. The average Bonchev–Trinajstić information content (AvgIpc) is 2.42. The van der Waals surface area contributed by atoms with Gasteiger partial charge in [0.1, 0.15) is 0 Å². The van der Waals surface area contributed by atoms with Crippen LogP contribution in [-0.2, 0) is 4.79 Å². The number of rotatable bonds is 4. The number of halogens is 1.